The minimum Gasteiger partial charge on any atom is -0.378 e. The summed E-state index contributed by atoms with van der Waals surface area (Å²) in [5.74, 6) is 1.62. The number of thiazole rings is 1. The molecule has 2 atom stereocenters. The maximum Gasteiger partial charge on any atom is 0.246 e. The third-order valence-corrected chi connectivity index (χ3v) is 6.82. The number of nitrogens with one attached hydrogen (secondary N) is 1. The zero-order valence-electron chi connectivity index (χ0n) is 15.3. The monoisotopic (exact) mass is 376 g/mol. The third kappa shape index (κ3) is 4.43. The molecule has 26 heavy (non-hydrogen) atoms. The van der Waals surface area contributed by atoms with E-state index in [4.69, 9.17) is 4.74 Å². The summed E-state index contributed by atoms with van der Waals surface area (Å²) in [7, 11) is 0. The highest BCUT2D eigenvalue weighted by Gasteiger charge is 2.30. The third-order valence-electron chi connectivity index (χ3n) is 5.87. The molecule has 0 aromatic carbocycles. The lowest BCUT2D eigenvalue weighted by Gasteiger charge is -2.35. The Morgan fingerprint density at radius 2 is 2.08 bits per heavy atom. The van der Waals surface area contributed by atoms with Gasteiger partial charge in [0.2, 0.25) is 5.91 Å². The average molecular weight is 377 g/mol. The molecule has 3 fully saturated rings. The van der Waals surface area contributed by atoms with Crippen LogP contribution in [0.4, 0.5) is 5.13 Å². The fourth-order valence-corrected chi connectivity index (χ4v) is 5.29. The first-order valence-electron chi connectivity index (χ1n) is 9.89. The van der Waals surface area contributed by atoms with Gasteiger partial charge in [-0.05, 0) is 37.5 Å². The van der Waals surface area contributed by atoms with Gasteiger partial charge in [0.25, 0.3) is 0 Å². The Morgan fingerprint density at radius 3 is 2.92 bits per heavy atom. The molecule has 1 saturated heterocycles. The Kier molecular flexibility index (Phi) is 5.84. The van der Waals surface area contributed by atoms with Gasteiger partial charge in [0, 0.05) is 24.2 Å². The molecule has 2 saturated carbocycles. The van der Waals surface area contributed by atoms with Crippen LogP contribution in [0, 0.1) is 11.8 Å². The lowest BCUT2D eigenvalue weighted by molar-refractivity contribution is -0.120. The maximum atomic E-state index is 12.2. The molecule has 0 radical (unpaired) electrons. The number of ether oxygens (including phenoxy) is 1. The number of hydrogen-bond acceptors (Lipinski definition) is 6. The van der Waals surface area contributed by atoms with E-state index in [9.17, 15) is 4.79 Å². The van der Waals surface area contributed by atoms with Crippen molar-refractivity contribution in [1.29, 1.82) is 0 Å². The minimum atomic E-state index is -0.0675. The van der Waals surface area contributed by atoms with Gasteiger partial charge in [0.15, 0.2) is 5.13 Å². The van der Waals surface area contributed by atoms with Crippen molar-refractivity contribution < 1.29 is 9.53 Å². The summed E-state index contributed by atoms with van der Waals surface area (Å²) in [5.41, 5.74) is 4.76. The second-order valence-corrected chi connectivity index (χ2v) is 8.49. The van der Waals surface area contributed by atoms with Crippen LogP contribution in [0.3, 0.4) is 0 Å². The Bertz CT molecular complexity index is 654. The second kappa shape index (κ2) is 8.48. The molecule has 1 N–H and O–H groups in total. The fraction of sp³-hybridized carbons (Fsp3) is 0.737. The molecule has 1 amide bonds. The van der Waals surface area contributed by atoms with E-state index < -0.39 is 0 Å². The highest BCUT2D eigenvalue weighted by atomic mass is 32.1. The van der Waals surface area contributed by atoms with E-state index in [1.54, 1.807) is 11.3 Å². The normalized spacial score (nSPS) is 28.0. The Labute approximate surface area is 159 Å². The Morgan fingerprint density at radius 1 is 1.27 bits per heavy atom. The first kappa shape index (κ1) is 17.9. The van der Waals surface area contributed by atoms with E-state index in [1.807, 2.05) is 5.38 Å². The van der Waals surface area contributed by atoms with Crippen molar-refractivity contribution in [1.82, 2.24) is 10.4 Å². The number of hydrazone groups is 1. The van der Waals surface area contributed by atoms with Crippen LogP contribution < -0.4 is 10.3 Å². The van der Waals surface area contributed by atoms with Crippen molar-refractivity contribution in [3.05, 3.63) is 11.1 Å². The Balaban J connectivity index is 1.27. The molecular weight excluding hydrogens is 348 g/mol. The van der Waals surface area contributed by atoms with Crippen molar-refractivity contribution >= 4 is 28.1 Å². The van der Waals surface area contributed by atoms with E-state index in [0.717, 1.165) is 61.8 Å². The molecule has 3 aliphatic rings. The smallest absolute Gasteiger partial charge is 0.246 e. The first-order valence-corrected chi connectivity index (χ1v) is 10.8. The number of anilines is 1. The Hall–Kier alpha value is -1.47. The summed E-state index contributed by atoms with van der Waals surface area (Å²) >= 11 is 1.60. The molecule has 142 valence electrons. The minimum absolute atomic E-state index is 0.0675. The zero-order chi connectivity index (χ0) is 17.8. The van der Waals surface area contributed by atoms with Crippen LogP contribution in [0.2, 0.25) is 0 Å². The molecule has 7 heteroatoms. The average Bonchev–Trinajstić information content (AvgIpc) is 3.15. The summed E-state index contributed by atoms with van der Waals surface area (Å²) in [6.45, 7) is 3.23. The van der Waals surface area contributed by atoms with Crippen molar-refractivity contribution in [2.45, 2.75) is 51.4 Å². The van der Waals surface area contributed by atoms with Crippen LogP contribution in [-0.2, 0) is 16.0 Å². The van der Waals surface area contributed by atoms with Gasteiger partial charge in [-0.15, -0.1) is 11.3 Å². The van der Waals surface area contributed by atoms with Crippen LogP contribution in [0.15, 0.2) is 10.5 Å². The quantitative estimate of drug-likeness (QED) is 0.821. The first-order chi connectivity index (χ1) is 12.8. The lowest BCUT2D eigenvalue weighted by atomic mass is 9.70. The van der Waals surface area contributed by atoms with Gasteiger partial charge in [0.05, 0.1) is 25.3 Å². The molecule has 0 unspecified atom stereocenters. The van der Waals surface area contributed by atoms with E-state index in [2.05, 4.69) is 20.4 Å². The zero-order valence-corrected chi connectivity index (χ0v) is 16.1. The van der Waals surface area contributed by atoms with Crippen molar-refractivity contribution in [3.63, 3.8) is 0 Å². The predicted octanol–water partition coefficient (Wildman–Crippen LogP) is 2.98. The van der Waals surface area contributed by atoms with E-state index in [-0.39, 0.29) is 5.91 Å². The molecule has 0 bridgehead atoms. The predicted molar refractivity (Wildman–Crippen MR) is 104 cm³/mol. The second-order valence-electron chi connectivity index (χ2n) is 7.66. The van der Waals surface area contributed by atoms with Gasteiger partial charge >= 0.3 is 0 Å². The number of carbonyl (C=O) groups is 1. The molecule has 2 heterocycles. The van der Waals surface area contributed by atoms with Crippen LogP contribution in [0.5, 0.6) is 0 Å². The molecule has 0 spiro atoms. The molecule has 1 aromatic rings. The molecule has 2 aliphatic carbocycles. The number of nitrogens with zero attached hydrogens (tertiary/aromatic N) is 3. The number of morpholine rings is 1. The van der Waals surface area contributed by atoms with Gasteiger partial charge in [-0.25, -0.2) is 10.4 Å². The van der Waals surface area contributed by atoms with E-state index in [0.29, 0.717) is 6.42 Å². The number of amides is 1. The van der Waals surface area contributed by atoms with Gasteiger partial charge < -0.3 is 9.64 Å². The van der Waals surface area contributed by atoms with Gasteiger partial charge in [-0.2, -0.15) is 5.10 Å². The van der Waals surface area contributed by atoms with Crippen molar-refractivity contribution in [3.8, 4) is 0 Å². The topological polar surface area (TPSA) is 66.8 Å². The summed E-state index contributed by atoms with van der Waals surface area (Å²) in [6.07, 6.45) is 9.13. The molecule has 1 aliphatic heterocycles. The highest BCUT2D eigenvalue weighted by molar-refractivity contribution is 7.13. The fourth-order valence-electron chi connectivity index (χ4n) is 4.41. The summed E-state index contributed by atoms with van der Waals surface area (Å²) in [6, 6.07) is 0. The highest BCUT2D eigenvalue weighted by Crippen LogP contribution is 2.39. The van der Waals surface area contributed by atoms with Crippen molar-refractivity contribution in [2.24, 2.45) is 16.9 Å². The molecule has 4 rings (SSSR count). The number of aromatic nitrogens is 1. The van der Waals surface area contributed by atoms with Gasteiger partial charge in [-0.3, -0.25) is 4.79 Å². The van der Waals surface area contributed by atoms with Crippen LogP contribution in [0.1, 0.15) is 50.6 Å². The number of carbonyl (C=O) groups excluding carboxylic acids is 1. The van der Waals surface area contributed by atoms with Crippen LogP contribution in [-0.4, -0.2) is 42.9 Å². The number of hydrogen-bond donors (Lipinski definition) is 1. The van der Waals surface area contributed by atoms with E-state index >= 15 is 0 Å². The lowest BCUT2D eigenvalue weighted by Crippen LogP contribution is -2.36. The molecule has 1 aromatic heterocycles. The largest absolute Gasteiger partial charge is 0.378 e. The number of rotatable bonds is 4. The molecule has 6 nitrogen and oxygen atoms in total. The standard InChI is InChI=1S/C19H28N4O2S/c24-18(12-17-13-26-19(20-17)23-7-9-25-10-8-23)22-21-16-6-5-14-3-1-2-4-15(14)11-16/h13-15H,1-12H2,(H,22,24)/b21-16-/t14-,15+/m1/s1. The van der Waals surface area contributed by atoms with Crippen LogP contribution >= 0.6 is 11.3 Å². The maximum absolute atomic E-state index is 12.2. The molecular formula is C19H28N4O2S. The summed E-state index contributed by atoms with van der Waals surface area (Å²) in [5, 5.41) is 7.39. The summed E-state index contributed by atoms with van der Waals surface area (Å²) in [4.78, 5) is 19.1. The number of fused-ring (bicyclic) bond motifs is 1. The summed E-state index contributed by atoms with van der Waals surface area (Å²) < 4.78 is 5.37. The SMILES string of the molecule is O=C(Cc1csc(N2CCOCC2)n1)N/N=C1/CC[C@H]2CCCC[C@H]2C1. The van der Waals surface area contributed by atoms with Crippen LogP contribution in [0.25, 0.3) is 0 Å². The van der Waals surface area contributed by atoms with Gasteiger partial charge in [-0.1, -0.05) is 19.3 Å². The van der Waals surface area contributed by atoms with E-state index in [1.165, 1.54) is 37.8 Å². The van der Waals surface area contributed by atoms with Crippen molar-refractivity contribution in [2.75, 3.05) is 31.2 Å². The van der Waals surface area contributed by atoms with Gasteiger partial charge in [0.1, 0.15) is 0 Å².